The number of nitrogens with zero attached hydrogens (tertiary/aromatic N) is 1. The molecule has 0 bridgehead atoms. The van der Waals surface area contributed by atoms with Crippen LogP contribution in [0.4, 0.5) is 0 Å². The molecule has 1 aromatic carbocycles. The molecule has 1 amide bonds. The summed E-state index contributed by atoms with van der Waals surface area (Å²) in [5.41, 5.74) is 3.13. The van der Waals surface area contributed by atoms with Gasteiger partial charge in [-0.2, -0.15) is 0 Å². The second-order valence-electron chi connectivity index (χ2n) is 4.13. The SMILES string of the molecule is Cc1scnc1C(=O)NCc1ccc2c(c1)OCO2. The average Bonchev–Trinajstić information content (AvgIpc) is 3.03. The van der Waals surface area contributed by atoms with Crippen LogP contribution in [0, 0.1) is 6.92 Å². The number of rotatable bonds is 3. The fourth-order valence-corrected chi connectivity index (χ4v) is 2.41. The third kappa shape index (κ3) is 2.39. The molecule has 6 heteroatoms. The zero-order valence-corrected chi connectivity index (χ0v) is 11.1. The Morgan fingerprint density at radius 1 is 1.42 bits per heavy atom. The Morgan fingerprint density at radius 3 is 3.05 bits per heavy atom. The Kier molecular flexibility index (Phi) is 3.08. The van der Waals surface area contributed by atoms with Crippen LogP contribution in [0.15, 0.2) is 23.7 Å². The van der Waals surface area contributed by atoms with E-state index in [1.807, 2.05) is 25.1 Å². The van der Waals surface area contributed by atoms with E-state index in [-0.39, 0.29) is 12.7 Å². The molecular weight excluding hydrogens is 264 g/mol. The highest BCUT2D eigenvalue weighted by Gasteiger charge is 2.14. The Morgan fingerprint density at radius 2 is 2.26 bits per heavy atom. The van der Waals surface area contributed by atoms with Gasteiger partial charge in [-0.05, 0) is 24.6 Å². The fourth-order valence-electron chi connectivity index (χ4n) is 1.84. The highest BCUT2D eigenvalue weighted by molar-refractivity contribution is 7.09. The molecule has 0 atom stereocenters. The highest BCUT2D eigenvalue weighted by Crippen LogP contribution is 2.32. The van der Waals surface area contributed by atoms with Crippen molar-refractivity contribution in [3.8, 4) is 11.5 Å². The lowest BCUT2D eigenvalue weighted by Crippen LogP contribution is -2.23. The van der Waals surface area contributed by atoms with Crippen molar-refractivity contribution in [1.82, 2.24) is 10.3 Å². The van der Waals surface area contributed by atoms with Gasteiger partial charge in [0, 0.05) is 11.4 Å². The molecular formula is C13H12N2O3S. The van der Waals surface area contributed by atoms with Gasteiger partial charge in [0.05, 0.1) is 5.51 Å². The lowest BCUT2D eigenvalue weighted by atomic mass is 10.2. The van der Waals surface area contributed by atoms with Crippen LogP contribution >= 0.6 is 11.3 Å². The van der Waals surface area contributed by atoms with Crippen molar-refractivity contribution in [3.05, 3.63) is 39.8 Å². The zero-order valence-electron chi connectivity index (χ0n) is 10.3. The van der Waals surface area contributed by atoms with Crippen LogP contribution in [0.3, 0.4) is 0 Å². The van der Waals surface area contributed by atoms with Gasteiger partial charge >= 0.3 is 0 Å². The van der Waals surface area contributed by atoms with Crippen molar-refractivity contribution in [2.75, 3.05) is 6.79 Å². The number of carbonyl (C=O) groups excluding carboxylic acids is 1. The highest BCUT2D eigenvalue weighted by atomic mass is 32.1. The van der Waals surface area contributed by atoms with Crippen molar-refractivity contribution in [1.29, 1.82) is 0 Å². The largest absolute Gasteiger partial charge is 0.454 e. The number of aromatic nitrogens is 1. The van der Waals surface area contributed by atoms with Crippen molar-refractivity contribution in [3.63, 3.8) is 0 Å². The van der Waals surface area contributed by atoms with Gasteiger partial charge in [-0.3, -0.25) is 4.79 Å². The molecule has 3 rings (SSSR count). The van der Waals surface area contributed by atoms with E-state index in [1.165, 1.54) is 11.3 Å². The summed E-state index contributed by atoms with van der Waals surface area (Å²) in [6.07, 6.45) is 0. The molecule has 1 aliphatic heterocycles. The normalized spacial score (nSPS) is 12.5. The molecule has 5 nitrogen and oxygen atoms in total. The predicted octanol–water partition coefficient (Wildman–Crippen LogP) is 2.11. The minimum atomic E-state index is -0.156. The fraction of sp³-hybridized carbons (Fsp3) is 0.231. The van der Waals surface area contributed by atoms with E-state index < -0.39 is 0 Å². The number of ether oxygens (including phenoxy) is 2. The van der Waals surface area contributed by atoms with E-state index >= 15 is 0 Å². The lowest BCUT2D eigenvalue weighted by Gasteiger charge is -2.05. The van der Waals surface area contributed by atoms with Gasteiger partial charge in [-0.25, -0.2) is 4.98 Å². The van der Waals surface area contributed by atoms with Crippen LogP contribution < -0.4 is 14.8 Å². The minimum absolute atomic E-state index is 0.156. The third-order valence-electron chi connectivity index (χ3n) is 2.85. The van der Waals surface area contributed by atoms with Gasteiger partial charge < -0.3 is 14.8 Å². The molecule has 0 fully saturated rings. The third-order valence-corrected chi connectivity index (χ3v) is 3.61. The molecule has 0 saturated carbocycles. The van der Waals surface area contributed by atoms with Crippen molar-refractivity contribution < 1.29 is 14.3 Å². The van der Waals surface area contributed by atoms with Gasteiger partial charge in [-0.15, -0.1) is 11.3 Å². The van der Waals surface area contributed by atoms with E-state index in [0.29, 0.717) is 12.2 Å². The summed E-state index contributed by atoms with van der Waals surface area (Å²) in [5.74, 6) is 1.30. The summed E-state index contributed by atoms with van der Waals surface area (Å²) in [5, 5.41) is 2.84. The number of aryl methyl sites for hydroxylation is 1. The molecule has 0 unspecified atom stereocenters. The molecule has 1 aromatic heterocycles. The first kappa shape index (κ1) is 12.0. The number of hydrogen-bond acceptors (Lipinski definition) is 5. The second kappa shape index (κ2) is 4.89. The zero-order chi connectivity index (χ0) is 13.2. The summed E-state index contributed by atoms with van der Waals surface area (Å²) >= 11 is 1.46. The molecule has 0 spiro atoms. The maximum Gasteiger partial charge on any atom is 0.271 e. The molecule has 0 saturated heterocycles. The topological polar surface area (TPSA) is 60.5 Å². The first-order valence-corrected chi connectivity index (χ1v) is 6.69. The first-order valence-electron chi connectivity index (χ1n) is 5.81. The van der Waals surface area contributed by atoms with Gasteiger partial charge in [0.15, 0.2) is 11.5 Å². The Bertz CT molecular complexity index is 624. The van der Waals surface area contributed by atoms with E-state index in [1.54, 1.807) is 5.51 Å². The molecule has 0 aliphatic carbocycles. The van der Waals surface area contributed by atoms with Crippen molar-refractivity contribution in [2.24, 2.45) is 0 Å². The van der Waals surface area contributed by atoms with Crippen molar-refractivity contribution >= 4 is 17.2 Å². The predicted molar refractivity (Wildman–Crippen MR) is 70.6 cm³/mol. The Balaban J connectivity index is 1.66. The van der Waals surface area contributed by atoms with Gasteiger partial charge in [0.1, 0.15) is 5.69 Å². The van der Waals surface area contributed by atoms with Crippen LogP contribution in [-0.2, 0) is 6.54 Å². The van der Waals surface area contributed by atoms with Crippen LogP contribution in [0.25, 0.3) is 0 Å². The summed E-state index contributed by atoms with van der Waals surface area (Å²) in [4.78, 5) is 16.9. The summed E-state index contributed by atoms with van der Waals surface area (Å²) in [6, 6.07) is 5.62. The monoisotopic (exact) mass is 276 g/mol. The molecule has 2 aromatic rings. The molecule has 1 N–H and O–H groups in total. The molecule has 19 heavy (non-hydrogen) atoms. The molecule has 0 radical (unpaired) electrons. The van der Waals surface area contributed by atoms with Gasteiger partial charge in [-0.1, -0.05) is 6.07 Å². The number of benzene rings is 1. The standard InChI is InChI=1S/C13H12N2O3S/c1-8-12(15-6-19-8)13(16)14-5-9-2-3-10-11(4-9)18-7-17-10/h2-4,6H,5,7H2,1H3,(H,14,16). The molecule has 2 heterocycles. The Labute approximate surface area is 114 Å². The Hall–Kier alpha value is -2.08. The van der Waals surface area contributed by atoms with Crippen LogP contribution in [-0.4, -0.2) is 17.7 Å². The second-order valence-corrected chi connectivity index (χ2v) is 5.19. The molecule has 98 valence electrons. The number of thiazole rings is 1. The van der Waals surface area contributed by atoms with E-state index in [2.05, 4.69) is 10.3 Å². The van der Waals surface area contributed by atoms with Crippen LogP contribution in [0.1, 0.15) is 20.9 Å². The quantitative estimate of drug-likeness (QED) is 0.932. The van der Waals surface area contributed by atoms with E-state index in [0.717, 1.165) is 21.9 Å². The number of hydrogen-bond donors (Lipinski definition) is 1. The van der Waals surface area contributed by atoms with Gasteiger partial charge in [0.25, 0.3) is 5.91 Å². The summed E-state index contributed by atoms with van der Waals surface area (Å²) in [6.45, 7) is 2.57. The smallest absolute Gasteiger partial charge is 0.271 e. The summed E-state index contributed by atoms with van der Waals surface area (Å²) < 4.78 is 10.5. The maximum absolute atomic E-state index is 11.9. The number of carbonyl (C=O) groups is 1. The number of fused-ring (bicyclic) bond motifs is 1. The van der Waals surface area contributed by atoms with Gasteiger partial charge in [0.2, 0.25) is 6.79 Å². The first-order chi connectivity index (χ1) is 9.24. The lowest BCUT2D eigenvalue weighted by molar-refractivity contribution is 0.0946. The number of amides is 1. The summed E-state index contributed by atoms with van der Waals surface area (Å²) in [7, 11) is 0. The van der Waals surface area contributed by atoms with Crippen LogP contribution in [0.5, 0.6) is 11.5 Å². The maximum atomic E-state index is 11.9. The van der Waals surface area contributed by atoms with Crippen LogP contribution in [0.2, 0.25) is 0 Å². The van der Waals surface area contributed by atoms with E-state index in [9.17, 15) is 4.79 Å². The van der Waals surface area contributed by atoms with Crippen molar-refractivity contribution in [2.45, 2.75) is 13.5 Å². The molecule has 1 aliphatic rings. The van der Waals surface area contributed by atoms with E-state index in [4.69, 9.17) is 9.47 Å². The minimum Gasteiger partial charge on any atom is -0.454 e. The number of nitrogens with one attached hydrogen (secondary N) is 1. The average molecular weight is 276 g/mol.